The first-order valence-corrected chi connectivity index (χ1v) is 14.1. The van der Waals surface area contributed by atoms with Gasteiger partial charge in [0.1, 0.15) is 12.4 Å². The normalized spacial score (nSPS) is 14.1. The number of anilines is 2. The number of amides is 2. The van der Waals surface area contributed by atoms with Gasteiger partial charge in [-0.2, -0.15) is 0 Å². The number of aromatic amines is 1. The van der Waals surface area contributed by atoms with Crippen molar-refractivity contribution >= 4 is 43.9 Å². The molecule has 2 amide bonds. The number of piperazine rings is 1. The number of sulfone groups is 1. The lowest BCUT2D eigenvalue weighted by atomic mass is 10.1. The highest BCUT2D eigenvalue weighted by Gasteiger charge is 2.28. The molecule has 0 radical (unpaired) electrons. The maximum atomic E-state index is 13.6. The number of nitrogens with one attached hydrogen (secondary N) is 1. The fourth-order valence-corrected chi connectivity index (χ4v) is 5.60. The van der Waals surface area contributed by atoms with Crippen LogP contribution in [0.25, 0.3) is 10.9 Å². The van der Waals surface area contributed by atoms with E-state index in [9.17, 15) is 22.4 Å². The number of fused-ring (bicyclic) bond motifs is 1. The van der Waals surface area contributed by atoms with Crippen LogP contribution in [0.5, 0.6) is 0 Å². The fraction of sp³-hybridized carbons (Fsp3) is 0.214. The summed E-state index contributed by atoms with van der Waals surface area (Å²) in [6.45, 7) is 1.43. The molecule has 0 aliphatic carbocycles. The molecule has 1 aliphatic heterocycles. The van der Waals surface area contributed by atoms with Crippen LogP contribution < -0.4 is 9.80 Å². The number of rotatable bonds is 6. The van der Waals surface area contributed by atoms with Gasteiger partial charge in [0, 0.05) is 55.4 Å². The molecule has 196 valence electrons. The molecule has 1 N–H and O–H groups in total. The van der Waals surface area contributed by atoms with Crippen molar-refractivity contribution in [1.29, 1.82) is 0 Å². The minimum Gasteiger partial charge on any atom is -0.367 e. The van der Waals surface area contributed by atoms with Gasteiger partial charge < -0.3 is 14.8 Å². The zero-order valence-corrected chi connectivity index (χ0v) is 21.6. The van der Waals surface area contributed by atoms with Crippen LogP contribution in [-0.2, 0) is 14.6 Å². The van der Waals surface area contributed by atoms with Crippen LogP contribution in [0.1, 0.15) is 10.4 Å². The third kappa shape index (κ3) is 5.26. The van der Waals surface area contributed by atoms with Gasteiger partial charge in [0.15, 0.2) is 9.84 Å². The molecule has 10 heteroatoms. The smallest absolute Gasteiger partial charge is 0.258 e. The Morgan fingerprint density at radius 2 is 1.66 bits per heavy atom. The van der Waals surface area contributed by atoms with Crippen molar-refractivity contribution in [3.8, 4) is 0 Å². The van der Waals surface area contributed by atoms with Gasteiger partial charge in [-0.05, 0) is 60.0 Å². The Morgan fingerprint density at radius 3 is 2.37 bits per heavy atom. The van der Waals surface area contributed by atoms with Crippen LogP contribution in [0, 0.1) is 5.82 Å². The van der Waals surface area contributed by atoms with Crippen molar-refractivity contribution in [3.63, 3.8) is 0 Å². The van der Waals surface area contributed by atoms with Gasteiger partial charge in [0.2, 0.25) is 5.91 Å². The van der Waals surface area contributed by atoms with Crippen molar-refractivity contribution in [3.05, 3.63) is 90.4 Å². The van der Waals surface area contributed by atoms with E-state index in [2.05, 4.69) is 4.98 Å². The molecule has 38 heavy (non-hydrogen) atoms. The van der Waals surface area contributed by atoms with Crippen molar-refractivity contribution < 1.29 is 22.4 Å². The molecule has 1 aromatic heterocycles. The number of carbonyl (C=O) groups is 2. The Bertz CT molecular complexity index is 1590. The minimum atomic E-state index is -3.40. The van der Waals surface area contributed by atoms with E-state index in [0.29, 0.717) is 43.1 Å². The van der Waals surface area contributed by atoms with Crippen LogP contribution in [0.4, 0.5) is 15.8 Å². The Hall–Kier alpha value is -4.18. The molecular weight excluding hydrogens is 507 g/mol. The third-order valence-electron chi connectivity index (χ3n) is 6.72. The zero-order chi connectivity index (χ0) is 26.9. The van der Waals surface area contributed by atoms with E-state index in [1.165, 1.54) is 35.4 Å². The zero-order valence-electron chi connectivity index (χ0n) is 20.8. The Morgan fingerprint density at radius 1 is 0.947 bits per heavy atom. The Kier molecular flexibility index (Phi) is 6.90. The number of aromatic nitrogens is 1. The summed E-state index contributed by atoms with van der Waals surface area (Å²) in [6, 6.07) is 19.5. The lowest BCUT2D eigenvalue weighted by Crippen LogP contribution is -2.52. The molecule has 0 atom stereocenters. The molecule has 5 rings (SSSR count). The summed E-state index contributed by atoms with van der Waals surface area (Å²) in [5.74, 6) is -1.06. The van der Waals surface area contributed by atoms with Crippen LogP contribution in [-0.4, -0.2) is 69.1 Å². The third-order valence-corrected chi connectivity index (χ3v) is 7.86. The monoisotopic (exact) mass is 534 g/mol. The van der Waals surface area contributed by atoms with Gasteiger partial charge in [-0.15, -0.1) is 0 Å². The number of hydrogen-bond acceptors (Lipinski definition) is 5. The number of nitrogens with zero attached hydrogens (tertiary/aromatic N) is 3. The quantitative estimate of drug-likeness (QED) is 0.407. The van der Waals surface area contributed by atoms with Crippen molar-refractivity contribution in [2.24, 2.45) is 0 Å². The molecule has 1 aliphatic rings. The standard InChI is InChI=1S/C28H27FN4O4S/c1-38(36,37)26-5-3-2-4-25(26)31-14-16-32(17-15-31)27(34)19-33(23-10-8-22(29)9-11-23)28(35)21-7-6-20-12-13-30-24(20)18-21/h2-13,18,30H,14-17,19H2,1H3. The van der Waals surface area contributed by atoms with E-state index in [1.807, 2.05) is 17.0 Å². The van der Waals surface area contributed by atoms with Crippen molar-refractivity contribution in [1.82, 2.24) is 9.88 Å². The molecule has 0 unspecified atom stereocenters. The number of hydrogen-bond donors (Lipinski definition) is 1. The van der Waals surface area contributed by atoms with Gasteiger partial charge >= 0.3 is 0 Å². The van der Waals surface area contributed by atoms with Crippen LogP contribution in [0.3, 0.4) is 0 Å². The number of halogens is 1. The summed E-state index contributed by atoms with van der Waals surface area (Å²) >= 11 is 0. The highest BCUT2D eigenvalue weighted by molar-refractivity contribution is 7.90. The molecule has 4 aromatic rings. The highest BCUT2D eigenvalue weighted by Crippen LogP contribution is 2.26. The van der Waals surface area contributed by atoms with E-state index in [1.54, 1.807) is 47.5 Å². The van der Waals surface area contributed by atoms with E-state index < -0.39 is 15.7 Å². The number of carbonyl (C=O) groups excluding carboxylic acids is 2. The second kappa shape index (κ2) is 10.3. The first-order valence-electron chi connectivity index (χ1n) is 12.2. The molecule has 1 fully saturated rings. The molecule has 2 heterocycles. The summed E-state index contributed by atoms with van der Waals surface area (Å²) in [7, 11) is -3.40. The minimum absolute atomic E-state index is 0.215. The average Bonchev–Trinajstić information content (AvgIpc) is 3.39. The maximum Gasteiger partial charge on any atom is 0.258 e. The number of H-pyrrole nitrogens is 1. The topological polar surface area (TPSA) is 93.8 Å². The van der Waals surface area contributed by atoms with Crippen LogP contribution in [0.15, 0.2) is 83.9 Å². The summed E-state index contributed by atoms with van der Waals surface area (Å²) in [5.41, 5.74) is 2.23. The predicted molar refractivity (Wildman–Crippen MR) is 145 cm³/mol. The Labute approximate surface area is 220 Å². The molecule has 0 spiro atoms. The van der Waals surface area contributed by atoms with E-state index in [4.69, 9.17) is 0 Å². The first-order chi connectivity index (χ1) is 18.2. The summed E-state index contributed by atoms with van der Waals surface area (Å²) in [6.07, 6.45) is 2.97. The summed E-state index contributed by atoms with van der Waals surface area (Å²) in [4.78, 5) is 35.2. The maximum absolute atomic E-state index is 13.6. The number of para-hydroxylation sites is 1. The second-order valence-electron chi connectivity index (χ2n) is 9.26. The lowest BCUT2D eigenvalue weighted by Gasteiger charge is -2.37. The van der Waals surface area contributed by atoms with Gasteiger partial charge in [-0.25, -0.2) is 12.8 Å². The molecule has 8 nitrogen and oxygen atoms in total. The molecule has 0 bridgehead atoms. The molecule has 1 saturated heterocycles. The largest absolute Gasteiger partial charge is 0.367 e. The van der Waals surface area contributed by atoms with Gasteiger partial charge in [-0.1, -0.05) is 18.2 Å². The van der Waals surface area contributed by atoms with Gasteiger partial charge in [0.25, 0.3) is 5.91 Å². The van der Waals surface area contributed by atoms with Gasteiger partial charge in [-0.3, -0.25) is 14.5 Å². The SMILES string of the molecule is CS(=O)(=O)c1ccccc1N1CCN(C(=O)CN(C(=O)c2ccc3cc[nH]c3c2)c2ccc(F)cc2)CC1. The van der Waals surface area contributed by atoms with E-state index >= 15 is 0 Å². The highest BCUT2D eigenvalue weighted by atomic mass is 32.2. The van der Waals surface area contributed by atoms with E-state index in [0.717, 1.165) is 10.9 Å². The van der Waals surface area contributed by atoms with Gasteiger partial charge in [0.05, 0.1) is 10.6 Å². The summed E-state index contributed by atoms with van der Waals surface area (Å²) in [5, 5.41) is 0.960. The van der Waals surface area contributed by atoms with Crippen molar-refractivity contribution in [2.75, 3.05) is 48.8 Å². The van der Waals surface area contributed by atoms with E-state index in [-0.39, 0.29) is 23.3 Å². The molecular formula is C28H27FN4O4S. The predicted octanol–water partition coefficient (Wildman–Crippen LogP) is 3.71. The molecule has 3 aromatic carbocycles. The van der Waals surface area contributed by atoms with Crippen LogP contribution >= 0.6 is 0 Å². The Balaban J connectivity index is 1.34. The lowest BCUT2D eigenvalue weighted by molar-refractivity contribution is -0.129. The second-order valence-corrected chi connectivity index (χ2v) is 11.2. The van der Waals surface area contributed by atoms with Crippen molar-refractivity contribution in [2.45, 2.75) is 4.90 Å². The van der Waals surface area contributed by atoms with Crippen LogP contribution in [0.2, 0.25) is 0 Å². The number of benzene rings is 3. The molecule has 0 saturated carbocycles. The first kappa shape index (κ1) is 25.5. The summed E-state index contributed by atoms with van der Waals surface area (Å²) < 4.78 is 38.1. The average molecular weight is 535 g/mol. The fourth-order valence-electron chi connectivity index (χ4n) is 4.70.